The van der Waals surface area contributed by atoms with Gasteiger partial charge in [-0.05, 0) is 53.6 Å². The summed E-state index contributed by atoms with van der Waals surface area (Å²) in [5.74, 6) is -0.966. The third-order valence-electron chi connectivity index (χ3n) is 4.29. The van der Waals surface area contributed by atoms with Crippen molar-refractivity contribution in [1.29, 1.82) is 0 Å². The molecule has 0 bridgehead atoms. The van der Waals surface area contributed by atoms with E-state index in [0.29, 0.717) is 0 Å². The Morgan fingerprint density at radius 1 is 0.759 bits per heavy atom. The molecule has 152 valence electrons. The average molecular weight is 494 g/mol. The smallest absolute Gasteiger partial charge is 0.283 e. The van der Waals surface area contributed by atoms with Crippen molar-refractivity contribution in [1.82, 2.24) is 0 Å². The summed E-state index contributed by atoms with van der Waals surface area (Å²) in [5, 5.41) is 20.6. The standard InChI is InChI=1S/C19H12Cl4O5S/c20-12-3-1-2-10(4-12)19(29(26,27)28,11-5-13(21)7-15(24)6-11)18-16(23)8-14(22)9-17(18)25/h1-9,24-25H,(H,26,27,28). The van der Waals surface area contributed by atoms with Crippen molar-refractivity contribution < 1.29 is 23.2 Å². The predicted molar refractivity (Wildman–Crippen MR) is 114 cm³/mol. The zero-order valence-electron chi connectivity index (χ0n) is 14.3. The van der Waals surface area contributed by atoms with Gasteiger partial charge < -0.3 is 10.2 Å². The molecule has 0 amide bonds. The summed E-state index contributed by atoms with van der Waals surface area (Å²) in [6.45, 7) is 0. The van der Waals surface area contributed by atoms with Crippen LogP contribution in [0.5, 0.6) is 11.5 Å². The molecule has 0 radical (unpaired) electrons. The molecular formula is C19H12Cl4O5S. The van der Waals surface area contributed by atoms with E-state index >= 15 is 0 Å². The number of aromatic hydroxyl groups is 2. The van der Waals surface area contributed by atoms with Crippen LogP contribution in [0.3, 0.4) is 0 Å². The zero-order chi connectivity index (χ0) is 21.6. The van der Waals surface area contributed by atoms with Crippen molar-refractivity contribution in [2.24, 2.45) is 0 Å². The third-order valence-corrected chi connectivity index (χ3v) is 6.71. The number of halogens is 4. The number of phenolic OH excluding ortho intramolecular Hbond substituents is 2. The molecular weight excluding hydrogens is 482 g/mol. The molecule has 0 aliphatic rings. The van der Waals surface area contributed by atoms with Gasteiger partial charge in [-0.25, -0.2) is 0 Å². The number of hydrogen-bond acceptors (Lipinski definition) is 4. The quantitative estimate of drug-likeness (QED) is 0.311. The summed E-state index contributed by atoms with van der Waals surface area (Å²) in [5.41, 5.74) is -0.601. The molecule has 29 heavy (non-hydrogen) atoms. The van der Waals surface area contributed by atoms with Crippen LogP contribution in [0, 0.1) is 0 Å². The van der Waals surface area contributed by atoms with Crippen molar-refractivity contribution in [2.75, 3.05) is 0 Å². The van der Waals surface area contributed by atoms with Crippen LogP contribution in [0.1, 0.15) is 16.7 Å². The van der Waals surface area contributed by atoms with Crippen molar-refractivity contribution in [3.05, 3.63) is 91.4 Å². The van der Waals surface area contributed by atoms with Gasteiger partial charge in [0.15, 0.2) is 4.75 Å². The fourth-order valence-electron chi connectivity index (χ4n) is 3.28. The van der Waals surface area contributed by atoms with Gasteiger partial charge in [-0.2, -0.15) is 8.42 Å². The molecule has 0 aromatic heterocycles. The lowest BCUT2D eigenvalue weighted by Gasteiger charge is -2.34. The van der Waals surface area contributed by atoms with Crippen molar-refractivity contribution in [3.8, 4) is 11.5 Å². The van der Waals surface area contributed by atoms with E-state index in [0.717, 1.165) is 12.1 Å². The van der Waals surface area contributed by atoms with Gasteiger partial charge in [0.05, 0.1) is 5.02 Å². The molecule has 0 fully saturated rings. The minimum absolute atomic E-state index is 0.0142. The first-order valence-electron chi connectivity index (χ1n) is 7.88. The minimum Gasteiger partial charge on any atom is -0.508 e. The maximum absolute atomic E-state index is 13.0. The molecule has 0 spiro atoms. The van der Waals surface area contributed by atoms with Crippen LogP contribution in [0.4, 0.5) is 0 Å². The van der Waals surface area contributed by atoms with Crippen molar-refractivity contribution >= 4 is 56.5 Å². The van der Waals surface area contributed by atoms with Crippen LogP contribution in [-0.2, 0) is 14.9 Å². The number of benzene rings is 3. The fourth-order valence-corrected chi connectivity index (χ4v) is 5.69. The molecule has 0 aliphatic carbocycles. The molecule has 0 heterocycles. The number of phenols is 2. The molecule has 3 aromatic rings. The summed E-state index contributed by atoms with van der Waals surface area (Å²) in [6, 6.07) is 11.4. The van der Waals surface area contributed by atoms with E-state index in [2.05, 4.69) is 0 Å². The molecule has 1 unspecified atom stereocenters. The Kier molecular flexibility index (Phi) is 5.98. The predicted octanol–water partition coefficient (Wildman–Crippen LogP) is 5.89. The van der Waals surface area contributed by atoms with E-state index < -0.39 is 20.6 Å². The van der Waals surface area contributed by atoms with Crippen LogP contribution in [0.2, 0.25) is 20.1 Å². The zero-order valence-corrected chi connectivity index (χ0v) is 18.1. The third kappa shape index (κ3) is 3.89. The monoisotopic (exact) mass is 492 g/mol. The SMILES string of the molecule is O=S(=O)(O)C(c1cccc(Cl)c1)(c1cc(O)cc(Cl)c1)c1c(O)cc(Cl)cc1Cl. The van der Waals surface area contributed by atoms with Gasteiger partial charge in [0.2, 0.25) is 0 Å². The van der Waals surface area contributed by atoms with Crippen LogP contribution in [0.25, 0.3) is 0 Å². The summed E-state index contributed by atoms with van der Waals surface area (Å²) < 4.78 is 33.9. The molecule has 3 N–H and O–H groups in total. The van der Waals surface area contributed by atoms with Gasteiger partial charge in [-0.1, -0.05) is 58.5 Å². The highest BCUT2D eigenvalue weighted by Gasteiger charge is 2.51. The highest BCUT2D eigenvalue weighted by atomic mass is 35.5. The first-order chi connectivity index (χ1) is 13.5. The lowest BCUT2D eigenvalue weighted by molar-refractivity contribution is 0.439. The summed E-state index contributed by atoms with van der Waals surface area (Å²) >= 11 is 24.3. The number of rotatable bonds is 4. The summed E-state index contributed by atoms with van der Waals surface area (Å²) in [6.07, 6.45) is 0. The summed E-state index contributed by atoms with van der Waals surface area (Å²) in [7, 11) is -5.11. The second-order valence-electron chi connectivity index (χ2n) is 6.15. The van der Waals surface area contributed by atoms with Crippen LogP contribution < -0.4 is 0 Å². The Balaban J connectivity index is 2.63. The molecule has 10 heteroatoms. The lowest BCUT2D eigenvalue weighted by Crippen LogP contribution is -2.38. The van der Waals surface area contributed by atoms with Crippen molar-refractivity contribution in [3.63, 3.8) is 0 Å². The topological polar surface area (TPSA) is 94.8 Å². The van der Waals surface area contributed by atoms with E-state index in [4.69, 9.17) is 46.4 Å². The van der Waals surface area contributed by atoms with Gasteiger partial charge in [0.1, 0.15) is 11.5 Å². The lowest BCUT2D eigenvalue weighted by atomic mass is 9.83. The van der Waals surface area contributed by atoms with Crippen LogP contribution in [-0.4, -0.2) is 23.2 Å². The first kappa shape index (κ1) is 22.0. The van der Waals surface area contributed by atoms with E-state index in [1.165, 1.54) is 42.5 Å². The molecule has 5 nitrogen and oxygen atoms in total. The second kappa shape index (κ2) is 7.87. The highest BCUT2D eigenvalue weighted by Crippen LogP contribution is 2.51. The first-order valence-corrected chi connectivity index (χ1v) is 10.8. The molecule has 0 aliphatic heterocycles. The van der Waals surface area contributed by atoms with E-state index in [9.17, 15) is 23.2 Å². The normalized spacial score (nSPS) is 13.8. The number of hydrogen-bond donors (Lipinski definition) is 3. The molecule has 0 saturated carbocycles. The second-order valence-corrected chi connectivity index (χ2v) is 9.43. The Labute approximate surface area is 186 Å². The molecule has 0 saturated heterocycles. The fraction of sp³-hybridized carbons (Fsp3) is 0.0526. The molecule has 3 rings (SSSR count). The van der Waals surface area contributed by atoms with Gasteiger partial charge >= 0.3 is 0 Å². The van der Waals surface area contributed by atoms with E-state index in [-0.39, 0.29) is 42.5 Å². The van der Waals surface area contributed by atoms with Gasteiger partial charge in [-0.15, -0.1) is 0 Å². The molecule has 1 atom stereocenters. The van der Waals surface area contributed by atoms with Crippen LogP contribution >= 0.6 is 46.4 Å². The largest absolute Gasteiger partial charge is 0.508 e. The van der Waals surface area contributed by atoms with E-state index in [1.54, 1.807) is 0 Å². The maximum Gasteiger partial charge on any atom is 0.283 e. The minimum atomic E-state index is -5.11. The van der Waals surface area contributed by atoms with Crippen molar-refractivity contribution in [2.45, 2.75) is 4.75 Å². The van der Waals surface area contributed by atoms with Crippen LogP contribution in [0.15, 0.2) is 54.6 Å². The van der Waals surface area contributed by atoms with E-state index in [1.807, 2.05) is 0 Å². The Morgan fingerprint density at radius 2 is 1.38 bits per heavy atom. The Morgan fingerprint density at radius 3 is 1.93 bits per heavy atom. The maximum atomic E-state index is 13.0. The van der Waals surface area contributed by atoms with Gasteiger partial charge in [0, 0.05) is 20.6 Å². The Hall–Kier alpha value is -1.67. The van der Waals surface area contributed by atoms with Gasteiger partial charge in [0.25, 0.3) is 10.1 Å². The summed E-state index contributed by atoms with van der Waals surface area (Å²) in [4.78, 5) is 0. The van der Waals surface area contributed by atoms with Gasteiger partial charge in [-0.3, -0.25) is 4.55 Å². The average Bonchev–Trinajstić information content (AvgIpc) is 2.55. The highest BCUT2D eigenvalue weighted by molar-refractivity contribution is 7.87. The Bertz CT molecular complexity index is 1170. The molecule has 3 aromatic carbocycles.